The van der Waals surface area contributed by atoms with Crippen LogP contribution in [-0.2, 0) is 12.8 Å². The van der Waals surface area contributed by atoms with Crippen LogP contribution in [0.3, 0.4) is 0 Å². The number of carbonyl (C=O) groups excluding carboxylic acids is 1. The normalized spacial score (nSPS) is 13.0. The third-order valence-electron chi connectivity index (χ3n) is 5.15. The number of hydrogen-bond acceptors (Lipinski definition) is 4. The summed E-state index contributed by atoms with van der Waals surface area (Å²) in [4.78, 5) is 13.7. The zero-order valence-corrected chi connectivity index (χ0v) is 15.6. The first-order chi connectivity index (χ1) is 13.6. The molecule has 144 valence electrons. The Morgan fingerprint density at radius 1 is 0.929 bits per heavy atom. The van der Waals surface area contributed by atoms with E-state index in [4.69, 9.17) is 4.74 Å². The van der Waals surface area contributed by atoms with Crippen molar-refractivity contribution >= 4 is 11.8 Å². The monoisotopic (exact) mass is 378 g/mol. The molecule has 0 fully saturated rings. The number of anilines is 1. The van der Waals surface area contributed by atoms with Crippen molar-refractivity contribution in [3.05, 3.63) is 65.7 Å². The maximum Gasteiger partial charge on any atom is 0.419 e. The van der Waals surface area contributed by atoms with E-state index in [0.717, 1.165) is 42.5 Å². The highest BCUT2D eigenvalue weighted by Crippen LogP contribution is 2.40. The molecule has 1 aromatic heterocycles. The highest BCUT2D eigenvalue weighted by atomic mass is 16.6. The van der Waals surface area contributed by atoms with Gasteiger partial charge in [-0.25, -0.2) is 4.79 Å². The zero-order valence-electron chi connectivity index (χ0n) is 15.6. The number of carbonyl (C=O) groups is 1. The number of hydrogen-bond donors (Lipinski definition) is 2. The minimum absolute atomic E-state index is 0.0840. The Hall–Kier alpha value is -3.41. The van der Waals surface area contributed by atoms with Gasteiger partial charge in [0.2, 0.25) is 11.8 Å². The van der Waals surface area contributed by atoms with E-state index in [9.17, 15) is 15.0 Å². The highest BCUT2D eigenvalue weighted by molar-refractivity contribution is 5.88. The summed E-state index contributed by atoms with van der Waals surface area (Å²) >= 11 is 0. The summed E-state index contributed by atoms with van der Waals surface area (Å²) in [5, 5.41) is 21.1. The van der Waals surface area contributed by atoms with Gasteiger partial charge in [-0.15, -0.1) is 0 Å². The SMILES string of the molecule is CN(C(=O)Oc1ccc(-n2c(O)c3c(c2O)CCCC3)cc1)c1ccccc1. The van der Waals surface area contributed by atoms with Gasteiger partial charge in [-0.2, -0.15) is 0 Å². The van der Waals surface area contributed by atoms with Gasteiger partial charge < -0.3 is 14.9 Å². The predicted octanol–water partition coefficient (Wildman–Crippen LogP) is 4.40. The van der Waals surface area contributed by atoms with Crippen molar-refractivity contribution in [1.82, 2.24) is 4.57 Å². The molecule has 6 nitrogen and oxygen atoms in total. The molecule has 0 aliphatic heterocycles. The molecule has 1 aliphatic carbocycles. The lowest BCUT2D eigenvalue weighted by Gasteiger charge is -2.17. The molecule has 0 unspecified atom stereocenters. The van der Waals surface area contributed by atoms with Crippen LogP contribution in [0.25, 0.3) is 5.69 Å². The van der Waals surface area contributed by atoms with Crippen LogP contribution in [0.2, 0.25) is 0 Å². The first kappa shape index (κ1) is 18.0. The number of amides is 1. The van der Waals surface area contributed by atoms with Gasteiger partial charge in [0.1, 0.15) is 5.75 Å². The van der Waals surface area contributed by atoms with Crippen molar-refractivity contribution in [2.24, 2.45) is 0 Å². The van der Waals surface area contributed by atoms with E-state index in [-0.39, 0.29) is 11.8 Å². The van der Waals surface area contributed by atoms with Crippen LogP contribution < -0.4 is 9.64 Å². The number of nitrogens with zero attached hydrogens (tertiary/aromatic N) is 2. The summed E-state index contributed by atoms with van der Waals surface area (Å²) < 4.78 is 6.86. The minimum Gasteiger partial charge on any atom is -0.494 e. The maximum absolute atomic E-state index is 12.3. The molecular formula is C22H22N2O4. The Labute approximate surface area is 163 Å². The standard InChI is InChI=1S/C22H22N2O4/c1-23(15-7-3-2-4-8-15)22(27)28-17-13-11-16(12-14-17)24-20(25)18-9-5-6-10-19(18)21(24)26/h2-4,7-8,11-14,25-26H,5-6,9-10H2,1H3. The van der Waals surface area contributed by atoms with Gasteiger partial charge in [-0.1, -0.05) is 18.2 Å². The van der Waals surface area contributed by atoms with Crippen LogP contribution >= 0.6 is 0 Å². The Morgan fingerprint density at radius 3 is 2.07 bits per heavy atom. The van der Waals surface area contributed by atoms with Crippen molar-refractivity contribution in [2.75, 3.05) is 11.9 Å². The summed E-state index contributed by atoms with van der Waals surface area (Å²) in [6, 6.07) is 15.9. The van der Waals surface area contributed by atoms with Crippen molar-refractivity contribution in [2.45, 2.75) is 25.7 Å². The van der Waals surface area contributed by atoms with E-state index in [1.54, 1.807) is 31.3 Å². The van der Waals surface area contributed by atoms with Crippen LogP contribution in [0, 0.1) is 0 Å². The number of fused-ring (bicyclic) bond motifs is 1. The quantitative estimate of drug-likeness (QED) is 0.708. The molecule has 0 saturated heterocycles. The van der Waals surface area contributed by atoms with E-state index < -0.39 is 6.09 Å². The molecule has 0 saturated carbocycles. The number of benzene rings is 2. The molecule has 2 aromatic carbocycles. The van der Waals surface area contributed by atoms with Gasteiger partial charge in [0.05, 0.1) is 5.69 Å². The summed E-state index contributed by atoms with van der Waals surface area (Å²) in [6.07, 6.45) is 3.05. The Kier molecular flexibility index (Phi) is 4.69. The number of ether oxygens (including phenoxy) is 1. The van der Waals surface area contributed by atoms with Crippen LogP contribution in [-0.4, -0.2) is 27.9 Å². The smallest absolute Gasteiger partial charge is 0.419 e. The fraction of sp³-hybridized carbons (Fsp3) is 0.227. The number of para-hydroxylation sites is 1. The predicted molar refractivity (Wildman–Crippen MR) is 107 cm³/mol. The summed E-state index contributed by atoms with van der Waals surface area (Å²) in [7, 11) is 1.65. The van der Waals surface area contributed by atoms with Crippen molar-refractivity contribution < 1.29 is 19.7 Å². The van der Waals surface area contributed by atoms with Gasteiger partial charge in [-0.3, -0.25) is 9.47 Å². The number of rotatable bonds is 3. The van der Waals surface area contributed by atoms with E-state index in [1.807, 2.05) is 30.3 Å². The molecule has 28 heavy (non-hydrogen) atoms. The zero-order chi connectivity index (χ0) is 19.7. The summed E-state index contributed by atoms with van der Waals surface area (Å²) in [5.41, 5.74) is 2.99. The largest absolute Gasteiger partial charge is 0.494 e. The van der Waals surface area contributed by atoms with E-state index in [2.05, 4.69) is 0 Å². The van der Waals surface area contributed by atoms with Crippen molar-refractivity contribution in [3.8, 4) is 23.2 Å². The number of aromatic nitrogens is 1. The highest BCUT2D eigenvalue weighted by Gasteiger charge is 2.25. The average Bonchev–Trinajstić information content (AvgIpc) is 2.99. The molecule has 0 spiro atoms. The van der Waals surface area contributed by atoms with Crippen LogP contribution in [0.15, 0.2) is 54.6 Å². The second-order valence-electron chi connectivity index (χ2n) is 6.90. The molecule has 6 heteroatoms. The fourth-order valence-electron chi connectivity index (χ4n) is 3.60. The molecule has 0 atom stereocenters. The lowest BCUT2D eigenvalue weighted by atomic mass is 9.95. The van der Waals surface area contributed by atoms with Gasteiger partial charge >= 0.3 is 6.09 Å². The van der Waals surface area contributed by atoms with Gasteiger partial charge in [-0.05, 0) is 62.1 Å². The second kappa shape index (κ2) is 7.31. The molecule has 4 rings (SSSR count). The first-order valence-corrected chi connectivity index (χ1v) is 9.31. The van der Waals surface area contributed by atoms with Crippen molar-refractivity contribution in [1.29, 1.82) is 0 Å². The van der Waals surface area contributed by atoms with Gasteiger partial charge in [0.25, 0.3) is 0 Å². The third kappa shape index (κ3) is 3.17. The van der Waals surface area contributed by atoms with Gasteiger partial charge in [0, 0.05) is 23.9 Å². The Balaban J connectivity index is 1.54. The summed E-state index contributed by atoms with van der Waals surface area (Å²) in [5.74, 6) is 0.550. The minimum atomic E-state index is -0.499. The van der Waals surface area contributed by atoms with Crippen LogP contribution in [0.4, 0.5) is 10.5 Å². The lowest BCUT2D eigenvalue weighted by Crippen LogP contribution is -2.29. The molecule has 3 aromatic rings. The Bertz CT molecular complexity index is 964. The van der Waals surface area contributed by atoms with E-state index in [0.29, 0.717) is 11.4 Å². The number of aromatic hydroxyl groups is 2. The molecule has 2 N–H and O–H groups in total. The van der Waals surface area contributed by atoms with Crippen molar-refractivity contribution in [3.63, 3.8) is 0 Å². The molecule has 1 amide bonds. The van der Waals surface area contributed by atoms with E-state index >= 15 is 0 Å². The van der Waals surface area contributed by atoms with Gasteiger partial charge in [0.15, 0.2) is 0 Å². The lowest BCUT2D eigenvalue weighted by molar-refractivity contribution is 0.209. The molecule has 1 heterocycles. The average molecular weight is 378 g/mol. The Morgan fingerprint density at radius 2 is 1.50 bits per heavy atom. The first-order valence-electron chi connectivity index (χ1n) is 9.31. The second-order valence-corrected chi connectivity index (χ2v) is 6.90. The van der Waals surface area contributed by atoms with E-state index in [1.165, 1.54) is 9.47 Å². The third-order valence-corrected chi connectivity index (χ3v) is 5.15. The maximum atomic E-state index is 12.3. The topological polar surface area (TPSA) is 74.9 Å². The molecule has 1 aliphatic rings. The van der Waals surface area contributed by atoms with Crippen LogP contribution in [0.1, 0.15) is 24.0 Å². The van der Waals surface area contributed by atoms with Crippen LogP contribution in [0.5, 0.6) is 17.5 Å². The fourth-order valence-corrected chi connectivity index (χ4v) is 3.60. The molecular weight excluding hydrogens is 356 g/mol. The molecule has 0 bridgehead atoms. The molecule has 0 radical (unpaired) electrons. The summed E-state index contributed by atoms with van der Waals surface area (Å²) in [6.45, 7) is 0.